The van der Waals surface area contributed by atoms with Crippen molar-refractivity contribution in [3.63, 3.8) is 0 Å². The van der Waals surface area contributed by atoms with Gasteiger partial charge in [0.05, 0.1) is 0 Å². The molecule has 0 saturated heterocycles. The summed E-state index contributed by atoms with van der Waals surface area (Å²) in [6, 6.07) is 0. The zero-order valence-corrected chi connectivity index (χ0v) is 13.4. The molecule has 0 amide bonds. The van der Waals surface area contributed by atoms with E-state index in [1.165, 1.54) is 6.08 Å². The molecule has 0 aromatic heterocycles. The molecule has 0 aliphatic heterocycles. The molecule has 0 atom stereocenters. The van der Waals surface area contributed by atoms with E-state index in [-0.39, 0.29) is 11.5 Å². The molecule has 0 heterocycles. The van der Waals surface area contributed by atoms with Crippen LogP contribution in [0.2, 0.25) is 0 Å². The van der Waals surface area contributed by atoms with E-state index in [9.17, 15) is 10.2 Å². The maximum atomic E-state index is 10.0. The second-order valence-corrected chi connectivity index (χ2v) is 3.61. The van der Waals surface area contributed by atoms with Crippen molar-refractivity contribution in [2.45, 2.75) is 41.0 Å². The van der Waals surface area contributed by atoms with Crippen LogP contribution in [0.3, 0.4) is 0 Å². The summed E-state index contributed by atoms with van der Waals surface area (Å²) in [7, 11) is 0. The van der Waals surface area contributed by atoms with Gasteiger partial charge in [0.15, 0.2) is 0 Å². The van der Waals surface area contributed by atoms with Gasteiger partial charge >= 0.3 is 0 Å². The van der Waals surface area contributed by atoms with Crippen molar-refractivity contribution in [3.05, 3.63) is 71.8 Å². The van der Waals surface area contributed by atoms with Crippen molar-refractivity contribution in [3.8, 4) is 0 Å². The van der Waals surface area contributed by atoms with Crippen molar-refractivity contribution < 1.29 is 10.2 Å². The fourth-order valence-electron chi connectivity index (χ4n) is 1.39. The molecule has 0 spiro atoms. The normalized spacial score (nSPS) is 14.1. The topological polar surface area (TPSA) is 40.5 Å². The molecule has 112 valence electrons. The Morgan fingerprint density at radius 2 is 1.35 bits per heavy atom. The molecule has 0 fully saturated rings. The lowest BCUT2D eigenvalue weighted by molar-refractivity contribution is 0.418. The van der Waals surface area contributed by atoms with E-state index in [1.54, 1.807) is 24.3 Å². The summed E-state index contributed by atoms with van der Waals surface area (Å²) in [6.07, 6.45) is 12.8. The SMILES string of the molecule is C=C/C(O)=C(\C=C/C)C(/C=C\C)=C(O)/C=C\CC.CC. The summed E-state index contributed by atoms with van der Waals surface area (Å²) < 4.78 is 0. The van der Waals surface area contributed by atoms with Gasteiger partial charge in [-0.05, 0) is 32.4 Å². The quantitative estimate of drug-likeness (QED) is 0.465. The summed E-state index contributed by atoms with van der Waals surface area (Å²) in [5.41, 5.74) is 1.11. The third-order valence-electron chi connectivity index (χ3n) is 2.21. The van der Waals surface area contributed by atoms with Crippen LogP contribution in [0.1, 0.15) is 41.0 Å². The molecule has 2 heteroatoms. The zero-order valence-electron chi connectivity index (χ0n) is 13.4. The second-order valence-electron chi connectivity index (χ2n) is 3.61. The molecule has 0 saturated carbocycles. The Balaban J connectivity index is 0. The van der Waals surface area contributed by atoms with Crippen LogP contribution in [0.4, 0.5) is 0 Å². The van der Waals surface area contributed by atoms with E-state index in [0.29, 0.717) is 11.1 Å². The lowest BCUT2D eigenvalue weighted by Crippen LogP contribution is -1.94. The van der Waals surface area contributed by atoms with Crippen molar-refractivity contribution in [1.29, 1.82) is 0 Å². The van der Waals surface area contributed by atoms with Gasteiger partial charge in [0.25, 0.3) is 0 Å². The smallest absolute Gasteiger partial charge is 0.123 e. The first kappa shape index (κ1) is 20.4. The third kappa shape index (κ3) is 7.47. The van der Waals surface area contributed by atoms with E-state index < -0.39 is 0 Å². The van der Waals surface area contributed by atoms with Gasteiger partial charge in [-0.1, -0.05) is 57.7 Å². The van der Waals surface area contributed by atoms with Crippen LogP contribution in [0, 0.1) is 0 Å². The number of hydrogen-bond acceptors (Lipinski definition) is 2. The average molecular weight is 276 g/mol. The van der Waals surface area contributed by atoms with Gasteiger partial charge in [-0.15, -0.1) is 0 Å². The highest BCUT2D eigenvalue weighted by Crippen LogP contribution is 2.21. The van der Waals surface area contributed by atoms with Crippen LogP contribution in [-0.4, -0.2) is 10.2 Å². The molecule has 20 heavy (non-hydrogen) atoms. The van der Waals surface area contributed by atoms with Gasteiger partial charge in [0.2, 0.25) is 0 Å². The first-order valence-electron chi connectivity index (χ1n) is 7.03. The van der Waals surface area contributed by atoms with E-state index in [0.717, 1.165) is 6.42 Å². The molecule has 0 aromatic carbocycles. The number of rotatable bonds is 6. The molecule has 0 rings (SSSR count). The monoisotopic (exact) mass is 276 g/mol. The van der Waals surface area contributed by atoms with Crippen molar-refractivity contribution in [2.24, 2.45) is 0 Å². The minimum atomic E-state index is 0.0395. The average Bonchev–Trinajstić information content (AvgIpc) is 2.49. The predicted octanol–water partition coefficient (Wildman–Crippen LogP) is 5.94. The maximum absolute atomic E-state index is 10.0. The van der Waals surface area contributed by atoms with Gasteiger partial charge in [0.1, 0.15) is 11.5 Å². The number of allylic oxidation sites excluding steroid dienone is 9. The molecule has 0 aliphatic rings. The van der Waals surface area contributed by atoms with Crippen LogP contribution < -0.4 is 0 Å². The van der Waals surface area contributed by atoms with Gasteiger partial charge in [-0.25, -0.2) is 0 Å². The molecule has 0 aliphatic carbocycles. The highest BCUT2D eigenvalue weighted by molar-refractivity contribution is 5.52. The first-order valence-corrected chi connectivity index (χ1v) is 7.03. The van der Waals surface area contributed by atoms with Gasteiger partial charge in [0, 0.05) is 11.1 Å². The molecule has 2 nitrogen and oxygen atoms in total. The summed E-state index contributed by atoms with van der Waals surface area (Å²) in [6.45, 7) is 13.2. The summed E-state index contributed by atoms with van der Waals surface area (Å²) in [5.74, 6) is 0.161. The third-order valence-corrected chi connectivity index (χ3v) is 2.21. The first-order chi connectivity index (χ1) is 9.62. The van der Waals surface area contributed by atoms with Crippen molar-refractivity contribution in [1.82, 2.24) is 0 Å². The number of aliphatic hydroxyl groups excluding tert-OH is 2. The van der Waals surface area contributed by atoms with Crippen LogP contribution in [0.5, 0.6) is 0 Å². The van der Waals surface area contributed by atoms with Gasteiger partial charge in [-0.3, -0.25) is 0 Å². The van der Waals surface area contributed by atoms with Crippen LogP contribution in [-0.2, 0) is 0 Å². The predicted molar refractivity (Wildman–Crippen MR) is 89.9 cm³/mol. The largest absolute Gasteiger partial charge is 0.507 e. The molecular weight excluding hydrogens is 248 g/mol. The summed E-state index contributed by atoms with van der Waals surface area (Å²) in [5, 5.41) is 19.9. The number of hydrogen-bond donors (Lipinski definition) is 2. The lowest BCUT2D eigenvalue weighted by Gasteiger charge is -2.07. The molecule has 0 unspecified atom stereocenters. The summed E-state index contributed by atoms with van der Waals surface area (Å²) in [4.78, 5) is 0. The Morgan fingerprint density at radius 3 is 1.70 bits per heavy atom. The Hall–Kier alpha value is -1.96. The van der Waals surface area contributed by atoms with Gasteiger partial charge in [-0.2, -0.15) is 0 Å². The fraction of sp³-hybridized carbons (Fsp3) is 0.333. The Kier molecular flexibility index (Phi) is 13.7. The molecule has 2 N–H and O–H groups in total. The highest BCUT2D eigenvalue weighted by Gasteiger charge is 2.08. The second kappa shape index (κ2) is 13.5. The van der Waals surface area contributed by atoms with E-state index in [1.807, 2.05) is 46.8 Å². The minimum absolute atomic E-state index is 0.0395. The Labute approximate surface area is 123 Å². The lowest BCUT2D eigenvalue weighted by atomic mass is 10.0. The molecule has 0 radical (unpaired) electrons. The fourth-order valence-corrected chi connectivity index (χ4v) is 1.39. The van der Waals surface area contributed by atoms with Crippen molar-refractivity contribution in [2.75, 3.05) is 0 Å². The van der Waals surface area contributed by atoms with E-state index in [2.05, 4.69) is 6.58 Å². The molecular formula is C18H28O2. The Bertz CT molecular complexity index is 419. The molecule has 0 bridgehead atoms. The zero-order chi connectivity index (χ0) is 16.0. The van der Waals surface area contributed by atoms with Crippen LogP contribution in [0.15, 0.2) is 71.8 Å². The standard InChI is InChI=1S/C16H22O2.C2H6/c1-5-9-12-16(18)14(11-7-3)13(10-6-2)15(17)8-4;1-2/h6-12,17-18H,4-5H2,1-3H3;1-2H3/b10-6-,11-7-,12-9-,15-13-,16-14-;. The Morgan fingerprint density at radius 1 is 0.900 bits per heavy atom. The minimum Gasteiger partial charge on any atom is -0.507 e. The maximum Gasteiger partial charge on any atom is 0.123 e. The van der Waals surface area contributed by atoms with E-state index >= 15 is 0 Å². The van der Waals surface area contributed by atoms with Crippen LogP contribution >= 0.6 is 0 Å². The highest BCUT2D eigenvalue weighted by atomic mass is 16.3. The van der Waals surface area contributed by atoms with Gasteiger partial charge < -0.3 is 10.2 Å². The molecule has 0 aromatic rings. The number of aliphatic hydroxyl groups is 2. The van der Waals surface area contributed by atoms with E-state index in [4.69, 9.17) is 0 Å². The summed E-state index contributed by atoms with van der Waals surface area (Å²) >= 11 is 0. The van der Waals surface area contributed by atoms with Crippen LogP contribution in [0.25, 0.3) is 0 Å². The van der Waals surface area contributed by atoms with Crippen molar-refractivity contribution >= 4 is 0 Å².